The molecule has 0 atom stereocenters. The molecule has 1 heterocycles. The number of rotatable bonds is 2. The van der Waals surface area contributed by atoms with Gasteiger partial charge in [0.1, 0.15) is 5.76 Å². The summed E-state index contributed by atoms with van der Waals surface area (Å²) in [7, 11) is 0. The maximum absolute atomic E-state index is 9.89. The Kier molecular flexibility index (Phi) is 2.06. The number of aryl methyl sites for hydroxylation is 1. The number of hydrogen-bond acceptors (Lipinski definition) is 3. The molecule has 0 aromatic carbocycles. The summed E-state index contributed by atoms with van der Waals surface area (Å²) in [6, 6.07) is 1.68. The molecule has 0 saturated carbocycles. The lowest BCUT2D eigenvalue weighted by atomic mass is 10.2. The highest BCUT2D eigenvalue weighted by Crippen LogP contribution is 2.09. The standard InChI is InChI=1S/C7H7NO3/c1-6-7(3-5-11-6)2-4-8(9)10/h2-5H,1H3/b4-2+. The molecule has 0 amide bonds. The van der Waals surface area contributed by atoms with Crippen LogP contribution >= 0.6 is 0 Å². The van der Waals surface area contributed by atoms with Crippen molar-refractivity contribution in [1.82, 2.24) is 0 Å². The van der Waals surface area contributed by atoms with E-state index in [0.29, 0.717) is 5.76 Å². The quantitative estimate of drug-likeness (QED) is 0.481. The molecule has 1 aromatic rings. The van der Waals surface area contributed by atoms with Crippen LogP contribution in [0, 0.1) is 17.0 Å². The maximum Gasteiger partial charge on any atom is 0.235 e. The van der Waals surface area contributed by atoms with Crippen molar-refractivity contribution >= 4 is 6.08 Å². The number of furan rings is 1. The van der Waals surface area contributed by atoms with E-state index in [4.69, 9.17) is 4.42 Å². The summed E-state index contributed by atoms with van der Waals surface area (Å²) in [6.45, 7) is 1.75. The minimum Gasteiger partial charge on any atom is -0.469 e. The van der Waals surface area contributed by atoms with Gasteiger partial charge in [0.2, 0.25) is 6.20 Å². The van der Waals surface area contributed by atoms with Crippen molar-refractivity contribution in [3.05, 3.63) is 40.0 Å². The molecule has 1 aromatic heterocycles. The van der Waals surface area contributed by atoms with Crippen molar-refractivity contribution < 1.29 is 9.34 Å². The maximum atomic E-state index is 9.89. The molecule has 1 rings (SSSR count). The molecule has 0 aliphatic rings. The minimum absolute atomic E-state index is 0.508. The van der Waals surface area contributed by atoms with Crippen LogP contribution in [0.2, 0.25) is 0 Å². The van der Waals surface area contributed by atoms with Gasteiger partial charge in [-0.05, 0) is 13.0 Å². The molecule has 0 bridgehead atoms. The van der Waals surface area contributed by atoms with Crippen LogP contribution in [0.15, 0.2) is 22.9 Å². The van der Waals surface area contributed by atoms with E-state index in [9.17, 15) is 10.1 Å². The van der Waals surface area contributed by atoms with Gasteiger partial charge in [0.15, 0.2) is 0 Å². The zero-order valence-corrected chi connectivity index (χ0v) is 5.98. The Morgan fingerprint density at radius 2 is 2.45 bits per heavy atom. The van der Waals surface area contributed by atoms with E-state index in [2.05, 4.69) is 0 Å². The smallest absolute Gasteiger partial charge is 0.235 e. The molecule has 11 heavy (non-hydrogen) atoms. The van der Waals surface area contributed by atoms with Gasteiger partial charge in [-0.15, -0.1) is 0 Å². The first-order valence-corrected chi connectivity index (χ1v) is 3.06. The Morgan fingerprint density at radius 1 is 1.73 bits per heavy atom. The summed E-state index contributed by atoms with van der Waals surface area (Å²) in [6.07, 6.45) is 3.78. The molecular weight excluding hydrogens is 146 g/mol. The Morgan fingerprint density at radius 3 is 2.91 bits per heavy atom. The fourth-order valence-electron chi connectivity index (χ4n) is 0.709. The summed E-state index contributed by atoms with van der Waals surface area (Å²) in [5, 5.41) is 9.89. The van der Waals surface area contributed by atoms with Gasteiger partial charge in [-0.25, -0.2) is 0 Å². The molecule has 0 N–H and O–H groups in total. The van der Waals surface area contributed by atoms with Crippen LogP contribution in [-0.2, 0) is 0 Å². The van der Waals surface area contributed by atoms with Gasteiger partial charge in [0, 0.05) is 11.6 Å². The first-order chi connectivity index (χ1) is 5.20. The third kappa shape index (κ3) is 1.93. The normalized spacial score (nSPS) is 10.6. The van der Waals surface area contributed by atoms with Gasteiger partial charge in [0.25, 0.3) is 0 Å². The summed E-state index contributed by atoms with van der Waals surface area (Å²) in [5.74, 6) is 0.683. The second-order valence-corrected chi connectivity index (χ2v) is 2.03. The van der Waals surface area contributed by atoms with Gasteiger partial charge in [-0.3, -0.25) is 10.1 Å². The van der Waals surface area contributed by atoms with E-state index in [0.717, 1.165) is 11.8 Å². The van der Waals surface area contributed by atoms with Crippen LogP contribution in [0.4, 0.5) is 0 Å². The zero-order valence-electron chi connectivity index (χ0n) is 5.98. The van der Waals surface area contributed by atoms with Gasteiger partial charge in [-0.1, -0.05) is 0 Å². The second-order valence-electron chi connectivity index (χ2n) is 2.03. The highest BCUT2D eigenvalue weighted by Gasteiger charge is 1.96. The predicted octanol–water partition coefficient (Wildman–Crippen LogP) is 1.84. The van der Waals surface area contributed by atoms with Gasteiger partial charge in [-0.2, -0.15) is 0 Å². The van der Waals surface area contributed by atoms with Crippen molar-refractivity contribution in [1.29, 1.82) is 0 Å². The summed E-state index contributed by atoms with van der Waals surface area (Å²) < 4.78 is 4.92. The third-order valence-corrected chi connectivity index (χ3v) is 1.27. The summed E-state index contributed by atoms with van der Waals surface area (Å²) in [5.41, 5.74) is 0.738. The average molecular weight is 153 g/mol. The van der Waals surface area contributed by atoms with Crippen LogP contribution in [0.3, 0.4) is 0 Å². The molecule has 0 saturated heterocycles. The van der Waals surface area contributed by atoms with Crippen LogP contribution in [-0.4, -0.2) is 4.92 Å². The lowest BCUT2D eigenvalue weighted by Gasteiger charge is -1.83. The molecule has 4 nitrogen and oxygen atoms in total. The average Bonchev–Trinajstić information content (AvgIpc) is 2.31. The van der Waals surface area contributed by atoms with Crippen LogP contribution in [0.5, 0.6) is 0 Å². The lowest BCUT2D eigenvalue weighted by molar-refractivity contribution is -0.400. The van der Waals surface area contributed by atoms with Gasteiger partial charge >= 0.3 is 0 Å². The Bertz CT molecular complexity index is 288. The summed E-state index contributed by atoms with van der Waals surface area (Å²) in [4.78, 5) is 9.39. The molecule has 0 radical (unpaired) electrons. The van der Waals surface area contributed by atoms with E-state index in [-0.39, 0.29) is 0 Å². The molecule has 0 spiro atoms. The first kappa shape index (κ1) is 7.53. The van der Waals surface area contributed by atoms with Crippen LogP contribution in [0.1, 0.15) is 11.3 Å². The van der Waals surface area contributed by atoms with E-state index in [1.807, 2.05) is 0 Å². The third-order valence-electron chi connectivity index (χ3n) is 1.27. The molecule has 58 valence electrons. The first-order valence-electron chi connectivity index (χ1n) is 3.06. The van der Waals surface area contributed by atoms with Crippen LogP contribution < -0.4 is 0 Å². The van der Waals surface area contributed by atoms with Crippen molar-refractivity contribution in [2.24, 2.45) is 0 Å². The summed E-state index contributed by atoms with van der Waals surface area (Å²) >= 11 is 0. The van der Waals surface area contributed by atoms with E-state index < -0.39 is 4.92 Å². The Hall–Kier alpha value is -1.58. The number of nitrogens with zero attached hydrogens (tertiary/aromatic N) is 1. The monoisotopic (exact) mass is 153 g/mol. The van der Waals surface area contributed by atoms with E-state index in [1.54, 1.807) is 13.0 Å². The molecule has 0 aliphatic heterocycles. The van der Waals surface area contributed by atoms with Gasteiger partial charge < -0.3 is 4.42 Å². The van der Waals surface area contributed by atoms with Crippen molar-refractivity contribution in [2.75, 3.05) is 0 Å². The fraction of sp³-hybridized carbons (Fsp3) is 0.143. The zero-order chi connectivity index (χ0) is 8.27. The Balaban J connectivity index is 2.79. The molecule has 0 fully saturated rings. The van der Waals surface area contributed by atoms with E-state index >= 15 is 0 Å². The molecular formula is C7H7NO3. The minimum atomic E-state index is -0.508. The number of nitro groups is 1. The SMILES string of the molecule is Cc1occc1/C=C/[N+](=O)[O-]. The van der Waals surface area contributed by atoms with Crippen LogP contribution in [0.25, 0.3) is 6.08 Å². The number of hydrogen-bond donors (Lipinski definition) is 0. The predicted molar refractivity (Wildman–Crippen MR) is 39.5 cm³/mol. The topological polar surface area (TPSA) is 56.3 Å². The lowest BCUT2D eigenvalue weighted by Crippen LogP contribution is -1.81. The molecule has 4 heteroatoms. The molecule has 0 aliphatic carbocycles. The van der Waals surface area contributed by atoms with Crippen molar-refractivity contribution in [3.8, 4) is 0 Å². The van der Waals surface area contributed by atoms with Crippen molar-refractivity contribution in [2.45, 2.75) is 6.92 Å². The molecule has 0 unspecified atom stereocenters. The largest absolute Gasteiger partial charge is 0.469 e. The highest BCUT2D eigenvalue weighted by atomic mass is 16.6. The Labute approximate surface area is 63.3 Å². The fourth-order valence-corrected chi connectivity index (χ4v) is 0.709. The van der Waals surface area contributed by atoms with E-state index in [1.165, 1.54) is 12.3 Å². The second kappa shape index (κ2) is 3.01. The van der Waals surface area contributed by atoms with Crippen molar-refractivity contribution in [3.63, 3.8) is 0 Å². The van der Waals surface area contributed by atoms with Gasteiger partial charge in [0.05, 0.1) is 11.2 Å². The highest BCUT2D eigenvalue weighted by molar-refractivity contribution is 5.49.